The van der Waals surface area contributed by atoms with Gasteiger partial charge in [0.1, 0.15) is 17.6 Å². The molecule has 1 fully saturated rings. The normalized spacial score (nSPS) is 31.4. The minimum Gasteiger partial charge on any atom is -0.456 e. The van der Waals surface area contributed by atoms with Gasteiger partial charge in [0.25, 0.3) is 0 Å². The number of hydrogen-bond donors (Lipinski definition) is 1. The summed E-state index contributed by atoms with van der Waals surface area (Å²) in [7, 11) is 0. The highest BCUT2D eigenvalue weighted by Gasteiger charge is 2.44. The van der Waals surface area contributed by atoms with E-state index < -0.39 is 0 Å². The van der Waals surface area contributed by atoms with Gasteiger partial charge in [-0.25, -0.2) is 4.79 Å². The minimum absolute atomic E-state index is 0.0811. The molecule has 1 aromatic rings. The molecule has 5 nitrogen and oxygen atoms in total. The summed E-state index contributed by atoms with van der Waals surface area (Å²) < 4.78 is 11.4. The van der Waals surface area contributed by atoms with Crippen molar-refractivity contribution in [2.45, 2.75) is 37.0 Å². The van der Waals surface area contributed by atoms with E-state index >= 15 is 0 Å². The molecule has 0 saturated carbocycles. The number of benzene rings is 1. The quantitative estimate of drug-likeness (QED) is 0.863. The molecular weight excluding hydrogens is 290 g/mol. The number of carbonyl (C=O) groups is 1. The summed E-state index contributed by atoms with van der Waals surface area (Å²) in [6, 6.07) is 8.71. The predicted octanol–water partition coefficient (Wildman–Crippen LogP) is 1.85. The Balaban J connectivity index is 1.74. The van der Waals surface area contributed by atoms with Gasteiger partial charge in [0.05, 0.1) is 23.3 Å². The van der Waals surface area contributed by atoms with Crippen LogP contribution in [0.3, 0.4) is 0 Å². The summed E-state index contributed by atoms with van der Waals surface area (Å²) >= 11 is 1.52. The molecule has 0 aliphatic carbocycles. The number of ether oxygens (including phenoxy) is 2. The molecule has 1 aromatic carbocycles. The molecule has 4 atom stereocenters. The first-order valence-corrected chi connectivity index (χ1v) is 7.78. The number of rotatable bonds is 3. The fourth-order valence-corrected chi connectivity index (χ4v) is 3.67. The van der Waals surface area contributed by atoms with E-state index in [0.29, 0.717) is 12.0 Å². The third kappa shape index (κ3) is 3.12. The Morgan fingerprint density at radius 1 is 1.48 bits per heavy atom. The Labute approximate surface area is 127 Å². The summed E-state index contributed by atoms with van der Waals surface area (Å²) in [5, 5.41) is 10.3. The lowest BCUT2D eigenvalue weighted by Gasteiger charge is -2.35. The molecular formula is C15H17NO4S. The van der Waals surface area contributed by atoms with Gasteiger partial charge >= 0.3 is 5.97 Å². The molecule has 112 valence electrons. The van der Waals surface area contributed by atoms with Crippen LogP contribution in [0.1, 0.15) is 23.7 Å². The number of thioether (sulfide) groups is 1. The second-order valence-electron chi connectivity index (χ2n) is 5.11. The molecule has 1 saturated heterocycles. The molecule has 2 aliphatic rings. The van der Waals surface area contributed by atoms with Gasteiger partial charge in [-0.2, -0.15) is 0 Å². The van der Waals surface area contributed by atoms with Crippen molar-refractivity contribution >= 4 is 22.8 Å². The zero-order valence-electron chi connectivity index (χ0n) is 11.6. The van der Waals surface area contributed by atoms with E-state index in [-0.39, 0.29) is 36.3 Å². The van der Waals surface area contributed by atoms with Gasteiger partial charge < -0.3 is 14.6 Å². The second-order valence-corrected chi connectivity index (χ2v) is 6.40. The second kappa shape index (κ2) is 6.17. The lowest BCUT2D eigenvalue weighted by molar-refractivity contribution is -0.0931. The molecule has 2 aliphatic heterocycles. The van der Waals surface area contributed by atoms with Gasteiger partial charge in [-0.15, -0.1) is 0 Å². The molecule has 6 heteroatoms. The fraction of sp³-hybridized carbons (Fsp3) is 0.467. The number of carbonyl (C=O) groups excluding carboxylic acids is 1. The summed E-state index contributed by atoms with van der Waals surface area (Å²) in [5.41, 5.74) is 0.344. The third-order valence-corrected chi connectivity index (χ3v) is 4.64. The fourth-order valence-electron chi connectivity index (χ4n) is 2.56. The van der Waals surface area contributed by atoms with Gasteiger partial charge in [-0.1, -0.05) is 30.0 Å². The number of aliphatic hydroxyl groups excluding tert-OH is 1. The first kappa shape index (κ1) is 14.6. The largest absolute Gasteiger partial charge is 0.456 e. The van der Waals surface area contributed by atoms with E-state index in [1.54, 1.807) is 24.3 Å². The van der Waals surface area contributed by atoms with Gasteiger partial charge in [0.2, 0.25) is 0 Å². The van der Waals surface area contributed by atoms with Crippen LogP contribution < -0.4 is 0 Å². The summed E-state index contributed by atoms with van der Waals surface area (Å²) in [6.45, 7) is 1.83. The van der Waals surface area contributed by atoms with E-state index in [4.69, 9.17) is 9.47 Å². The van der Waals surface area contributed by atoms with E-state index in [1.165, 1.54) is 11.8 Å². The van der Waals surface area contributed by atoms with Crippen molar-refractivity contribution in [3.63, 3.8) is 0 Å². The molecule has 1 unspecified atom stereocenters. The SMILES string of the molecule is CC1=N[C@@H]2C(OC(=O)c3ccccc3)C[C@@H](CO)O[C@@H]2S1. The molecule has 0 amide bonds. The van der Waals surface area contributed by atoms with Gasteiger partial charge in [0, 0.05) is 6.42 Å². The van der Waals surface area contributed by atoms with Crippen molar-refractivity contribution in [1.29, 1.82) is 0 Å². The first-order valence-electron chi connectivity index (χ1n) is 6.91. The van der Waals surface area contributed by atoms with Crippen LogP contribution in [0.2, 0.25) is 0 Å². The Bertz CT molecular complexity index is 548. The molecule has 0 aromatic heterocycles. The Kier molecular flexibility index (Phi) is 4.28. The average molecular weight is 307 g/mol. The Morgan fingerprint density at radius 3 is 2.95 bits per heavy atom. The molecule has 1 N–H and O–H groups in total. The van der Waals surface area contributed by atoms with Gasteiger partial charge in [0.15, 0.2) is 0 Å². The highest BCUT2D eigenvalue weighted by atomic mass is 32.2. The van der Waals surface area contributed by atoms with Crippen LogP contribution in [-0.4, -0.2) is 46.4 Å². The van der Waals surface area contributed by atoms with Crippen LogP contribution in [0, 0.1) is 0 Å². The van der Waals surface area contributed by atoms with Crippen LogP contribution in [0.5, 0.6) is 0 Å². The van der Waals surface area contributed by atoms with Crippen LogP contribution in [-0.2, 0) is 9.47 Å². The predicted molar refractivity (Wildman–Crippen MR) is 80.5 cm³/mol. The number of hydrogen-bond acceptors (Lipinski definition) is 6. The first-order chi connectivity index (χ1) is 10.2. The third-order valence-electron chi connectivity index (χ3n) is 3.57. The highest BCUT2D eigenvalue weighted by Crippen LogP contribution is 2.37. The van der Waals surface area contributed by atoms with Crippen molar-refractivity contribution < 1.29 is 19.4 Å². The smallest absolute Gasteiger partial charge is 0.338 e. The van der Waals surface area contributed by atoms with Crippen LogP contribution in [0.4, 0.5) is 0 Å². The number of esters is 1. The Morgan fingerprint density at radius 2 is 2.24 bits per heavy atom. The van der Waals surface area contributed by atoms with E-state index in [0.717, 1.165) is 5.04 Å². The topological polar surface area (TPSA) is 68.1 Å². The van der Waals surface area contributed by atoms with Gasteiger partial charge in [-0.3, -0.25) is 4.99 Å². The highest BCUT2D eigenvalue weighted by molar-refractivity contribution is 8.14. The minimum atomic E-state index is -0.362. The van der Waals surface area contributed by atoms with Crippen LogP contribution in [0.25, 0.3) is 0 Å². The monoisotopic (exact) mass is 307 g/mol. The number of nitrogens with zero attached hydrogens (tertiary/aromatic N) is 1. The summed E-state index contributed by atoms with van der Waals surface area (Å²) in [4.78, 5) is 16.7. The van der Waals surface area contributed by atoms with Crippen molar-refractivity contribution in [3.05, 3.63) is 35.9 Å². The summed E-state index contributed by atoms with van der Waals surface area (Å²) in [5.74, 6) is -0.359. The lowest BCUT2D eigenvalue weighted by atomic mass is 10.0. The molecule has 0 radical (unpaired) electrons. The summed E-state index contributed by atoms with van der Waals surface area (Å²) in [6.07, 6.45) is -0.208. The maximum Gasteiger partial charge on any atom is 0.338 e. The molecule has 3 rings (SSSR count). The van der Waals surface area contributed by atoms with Crippen molar-refractivity contribution in [1.82, 2.24) is 0 Å². The zero-order valence-corrected chi connectivity index (χ0v) is 12.5. The average Bonchev–Trinajstić information content (AvgIpc) is 2.88. The van der Waals surface area contributed by atoms with E-state index in [9.17, 15) is 9.90 Å². The number of fused-ring (bicyclic) bond motifs is 1. The molecule has 0 bridgehead atoms. The zero-order chi connectivity index (χ0) is 14.8. The number of aliphatic hydroxyl groups is 1. The van der Waals surface area contributed by atoms with Crippen LogP contribution in [0.15, 0.2) is 35.3 Å². The number of aliphatic imine (C=N–C) groups is 1. The van der Waals surface area contributed by atoms with Gasteiger partial charge in [-0.05, 0) is 19.1 Å². The molecule has 0 spiro atoms. The standard InChI is InChI=1S/C15H17NO4S/c1-9-16-13-12(7-11(8-17)19-15(13)21-9)20-14(18)10-5-3-2-4-6-10/h2-6,11-13,15,17H,7-8H2,1H3/t11-,12?,13+,15+/m0/s1. The lowest BCUT2D eigenvalue weighted by Crippen LogP contribution is -2.47. The molecule has 21 heavy (non-hydrogen) atoms. The maximum absolute atomic E-state index is 12.2. The van der Waals surface area contributed by atoms with E-state index in [2.05, 4.69) is 4.99 Å². The van der Waals surface area contributed by atoms with Crippen molar-refractivity contribution in [2.24, 2.45) is 4.99 Å². The van der Waals surface area contributed by atoms with Crippen molar-refractivity contribution in [2.75, 3.05) is 6.61 Å². The maximum atomic E-state index is 12.2. The van der Waals surface area contributed by atoms with Crippen molar-refractivity contribution in [3.8, 4) is 0 Å². The Hall–Kier alpha value is -1.37. The van der Waals surface area contributed by atoms with E-state index in [1.807, 2.05) is 13.0 Å². The molecule has 2 heterocycles. The van der Waals surface area contributed by atoms with Crippen LogP contribution >= 0.6 is 11.8 Å².